The fourth-order valence-electron chi connectivity index (χ4n) is 4.83. The predicted molar refractivity (Wildman–Crippen MR) is 73.6 cm³/mol. The van der Waals surface area contributed by atoms with Crippen LogP contribution in [-0.2, 0) is 9.59 Å². The van der Waals surface area contributed by atoms with E-state index in [2.05, 4.69) is 12.2 Å². The average Bonchev–Trinajstić information content (AvgIpc) is 3.26. The molecule has 0 N–H and O–H groups in total. The number of anilines is 1. The van der Waals surface area contributed by atoms with E-state index in [-0.39, 0.29) is 41.2 Å². The van der Waals surface area contributed by atoms with Gasteiger partial charge in [-0.2, -0.15) is 0 Å². The van der Waals surface area contributed by atoms with E-state index in [4.69, 9.17) is 0 Å². The Labute approximate surface area is 121 Å². The van der Waals surface area contributed by atoms with Gasteiger partial charge in [-0.3, -0.25) is 9.59 Å². The van der Waals surface area contributed by atoms with Gasteiger partial charge in [-0.1, -0.05) is 24.3 Å². The lowest BCUT2D eigenvalue weighted by Gasteiger charge is -2.37. The number of hydrogen-bond acceptors (Lipinski definition) is 2. The number of nitrogens with zero attached hydrogens (tertiary/aromatic N) is 1. The standard InChI is InChI=1S/C17H14FNO2/c18-12-3-1-2-4-13(12)19-16(20)14-8-5-6-9(11-7-10(8)11)15(14)17(19)21/h1-6,8-11,14-15H,7H2/t8-,9+,10-,11-,14+,15-/m1/s1. The van der Waals surface area contributed by atoms with Crippen LogP contribution in [0.15, 0.2) is 36.4 Å². The molecule has 5 aliphatic rings. The van der Waals surface area contributed by atoms with E-state index in [0.717, 1.165) is 11.3 Å². The van der Waals surface area contributed by atoms with E-state index in [9.17, 15) is 14.0 Å². The van der Waals surface area contributed by atoms with E-state index >= 15 is 0 Å². The zero-order valence-corrected chi connectivity index (χ0v) is 11.3. The normalized spacial score (nSPS) is 42.2. The van der Waals surface area contributed by atoms with Crippen LogP contribution >= 0.6 is 0 Å². The molecule has 0 spiro atoms. The van der Waals surface area contributed by atoms with Gasteiger partial charge in [0.15, 0.2) is 0 Å². The van der Waals surface area contributed by atoms with Crippen molar-refractivity contribution in [1.29, 1.82) is 0 Å². The van der Waals surface area contributed by atoms with Crippen molar-refractivity contribution in [3.05, 3.63) is 42.2 Å². The molecule has 2 saturated carbocycles. The Balaban J connectivity index is 1.62. The average molecular weight is 283 g/mol. The maximum absolute atomic E-state index is 14.0. The second kappa shape index (κ2) is 3.62. The Morgan fingerprint density at radius 3 is 2.10 bits per heavy atom. The summed E-state index contributed by atoms with van der Waals surface area (Å²) in [5.41, 5.74) is 0.106. The van der Waals surface area contributed by atoms with Gasteiger partial charge in [0.25, 0.3) is 0 Å². The maximum Gasteiger partial charge on any atom is 0.238 e. The summed E-state index contributed by atoms with van der Waals surface area (Å²) in [6.45, 7) is 0. The molecule has 0 unspecified atom stereocenters. The van der Waals surface area contributed by atoms with E-state index in [1.807, 2.05) is 0 Å². The Bertz CT molecular complexity index is 676. The Morgan fingerprint density at radius 1 is 0.952 bits per heavy atom. The Hall–Kier alpha value is -1.97. The molecule has 1 saturated heterocycles. The van der Waals surface area contributed by atoms with Crippen LogP contribution < -0.4 is 4.90 Å². The third kappa shape index (κ3) is 1.29. The second-order valence-electron chi connectivity index (χ2n) is 6.62. The van der Waals surface area contributed by atoms with Crippen LogP contribution in [-0.4, -0.2) is 11.8 Å². The van der Waals surface area contributed by atoms with Gasteiger partial charge in [-0.25, -0.2) is 9.29 Å². The number of imide groups is 1. The number of rotatable bonds is 1. The number of benzene rings is 1. The third-order valence-electron chi connectivity index (χ3n) is 5.76. The molecule has 0 radical (unpaired) electrons. The van der Waals surface area contributed by atoms with Gasteiger partial charge in [-0.15, -0.1) is 0 Å². The summed E-state index contributed by atoms with van der Waals surface area (Å²) >= 11 is 0. The highest BCUT2D eigenvalue weighted by atomic mass is 19.1. The van der Waals surface area contributed by atoms with Crippen molar-refractivity contribution in [1.82, 2.24) is 0 Å². The first-order chi connectivity index (χ1) is 10.2. The van der Waals surface area contributed by atoms with Gasteiger partial charge < -0.3 is 0 Å². The molecule has 1 aromatic rings. The van der Waals surface area contributed by atoms with Crippen LogP contribution in [0.25, 0.3) is 0 Å². The summed E-state index contributed by atoms with van der Waals surface area (Å²) in [7, 11) is 0. The van der Waals surface area contributed by atoms with Crippen molar-refractivity contribution in [3.8, 4) is 0 Å². The van der Waals surface area contributed by atoms with E-state index in [0.29, 0.717) is 11.8 Å². The number of halogens is 1. The highest BCUT2D eigenvalue weighted by Gasteiger charge is 2.67. The van der Waals surface area contributed by atoms with Gasteiger partial charge in [0.2, 0.25) is 11.8 Å². The van der Waals surface area contributed by atoms with Crippen molar-refractivity contribution in [2.75, 3.05) is 4.90 Å². The highest BCUT2D eigenvalue weighted by Crippen LogP contribution is 2.65. The van der Waals surface area contributed by atoms with Crippen LogP contribution in [0.1, 0.15) is 6.42 Å². The first kappa shape index (κ1) is 11.7. The van der Waals surface area contributed by atoms with Crippen LogP contribution in [0, 0.1) is 41.3 Å². The monoisotopic (exact) mass is 283 g/mol. The first-order valence-electron chi connectivity index (χ1n) is 7.49. The molecule has 4 heteroatoms. The largest absolute Gasteiger partial charge is 0.274 e. The van der Waals surface area contributed by atoms with E-state index < -0.39 is 5.82 Å². The number of amides is 2. The predicted octanol–water partition coefficient (Wildman–Crippen LogP) is 2.38. The van der Waals surface area contributed by atoms with Crippen molar-refractivity contribution in [2.24, 2.45) is 35.5 Å². The summed E-state index contributed by atoms with van der Waals surface area (Å²) in [5, 5.41) is 0. The molecule has 6 rings (SSSR count). The molecule has 1 heterocycles. The van der Waals surface area contributed by atoms with Crippen LogP contribution in [0.3, 0.4) is 0 Å². The molecule has 3 fully saturated rings. The molecule has 2 bridgehead atoms. The number of allylic oxidation sites excluding steroid dienone is 2. The smallest absolute Gasteiger partial charge is 0.238 e. The van der Waals surface area contributed by atoms with E-state index in [1.165, 1.54) is 12.1 Å². The number of carbonyl (C=O) groups is 2. The number of para-hydroxylation sites is 1. The first-order valence-corrected chi connectivity index (χ1v) is 7.49. The van der Waals surface area contributed by atoms with Crippen LogP contribution in [0.2, 0.25) is 0 Å². The topological polar surface area (TPSA) is 37.4 Å². The molecular weight excluding hydrogens is 269 g/mol. The van der Waals surface area contributed by atoms with Crippen molar-refractivity contribution in [3.63, 3.8) is 0 Å². The minimum atomic E-state index is -0.511. The van der Waals surface area contributed by atoms with Gasteiger partial charge >= 0.3 is 0 Å². The Morgan fingerprint density at radius 2 is 1.52 bits per heavy atom. The zero-order valence-electron chi connectivity index (χ0n) is 11.3. The molecular formula is C17H14FNO2. The number of carbonyl (C=O) groups excluding carboxylic acids is 2. The summed E-state index contributed by atoms with van der Waals surface area (Å²) in [6, 6.07) is 6.03. The molecule has 3 nitrogen and oxygen atoms in total. The van der Waals surface area contributed by atoms with Crippen molar-refractivity contribution < 1.29 is 14.0 Å². The molecule has 21 heavy (non-hydrogen) atoms. The lowest BCUT2D eigenvalue weighted by Crippen LogP contribution is -2.40. The SMILES string of the molecule is O=C1[C@@H]2[C@H]3C=C[C@H]([C@H]4C[C@H]34)[C@@H]2C(=O)N1c1ccccc1F. The highest BCUT2D eigenvalue weighted by molar-refractivity contribution is 6.22. The second-order valence-corrected chi connectivity index (χ2v) is 6.62. The summed E-state index contributed by atoms with van der Waals surface area (Å²) in [6.07, 6.45) is 5.38. The van der Waals surface area contributed by atoms with Crippen LogP contribution in [0.4, 0.5) is 10.1 Å². The quantitative estimate of drug-likeness (QED) is 0.586. The maximum atomic E-state index is 14.0. The van der Waals surface area contributed by atoms with Gasteiger partial charge in [-0.05, 0) is 42.2 Å². The minimum absolute atomic E-state index is 0.106. The number of hydrogen-bond donors (Lipinski definition) is 0. The minimum Gasteiger partial charge on any atom is -0.274 e. The van der Waals surface area contributed by atoms with E-state index in [1.54, 1.807) is 12.1 Å². The van der Waals surface area contributed by atoms with Crippen LogP contribution in [0.5, 0.6) is 0 Å². The molecule has 6 atom stereocenters. The molecule has 1 aliphatic heterocycles. The van der Waals surface area contributed by atoms with Crippen molar-refractivity contribution in [2.45, 2.75) is 6.42 Å². The van der Waals surface area contributed by atoms with Gasteiger partial charge in [0.1, 0.15) is 5.82 Å². The molecule has 106 valence electrons. The van der Waals surface area contributed by atoms with Gasteiger partial charge in [0.05, 0.1) is 17.5 Å². The lowest BCUT2D eigenvalue weighted by molar-refractivity contribution is -0.124. The molecule has 2 amide bonds. The fourth-order valence-corrected chi connectivity index (χ4v) is 4.83. The molecule has 1 aromatic carbocycles. The summed E-state index contributed by atoms with van der Waals surface area (Å²) in [4.78, 5) is 26.6. The Kier molecular flexibility index (Phi) is 2.01. The molecule has 0 aromatic heterocycles. The van der Waals surface area contributed by atoms with Gasteiger partial charge in [0, 0.05) is 0 Å². The molecule has 4 aliphatic carbocycles. The lowest BCUT2D eigenvalue weighted by atomic mass is 9.63. The third-order valence-corrected chi connectivity index (χ3v) is 5.76. The zero-order chi connectivity index (χ0) is 14.3. The summed E-state index contributed by atoms with van der Waals surface area (Å²) in [5.74, 6) is 0.0308. The summed E-state index contributed by atoms with van der Waals surface area (Å²) < 4.78 is 14.0. The fraction of sp³-hybridized carbons (Fsp3) is 0.412. The van der Waals surface area contributed by atoms with Crippen molar-refractivity contribution >= 4 is 17.5 Å².